The standard InChI is InChI=1S/C25H25N3O5/c1-3-31-23(29)12-7-17-5-9-19(10-6-17)26-25(30)20-16-28(2)27-24(20)18-8-11-21-22(15-18)33-14-4-13-32-21/h5-12,15-16H,3-4,13-14H2,1-2H3,(H,26,30). The van der Waals surface area contributed by atoms with Crippen molar-refractivity contribution in [2.45, 2.75) is 13.3 Å². The SMILES string of the molecule is CCOC(=O)C=Cc1ccc(NC(=O)c2cn(C)nc2-c2ccc3c(c2)OCCCO3)cc1. The molecule has 170 valence electrons. The Morgan fingerprint density at radius 1 is 1.12 bits per heavy atom. The van der Waals surface area contributed by atoms with Gasteiger partial charge in [0.05, 0.1) is 25.4 Å². The first-order chi connectivity index (χ1) is 16.0. The van der Waals surface area contributed by atoms with Crippen LogP contribution in [-0.2, 0) is 16.6 Å². The molecular formula is C25H25N3O5. The summed E-state index contributed by atoms with van der Waals surface area (Å²) < 4.78 is 17.9. The minimum absolute atomic E-state index is 0.278. The van der Waals surface area contributed by atoms with Crippen molar-refractivity contribution in [3.63, 3.8) is 0 Å². The molecule has 0 atom stereocenters. The van der Waals surface area contributed by atoms with Gasteiger partial charge in [0.15, 0.2) is 11.5 Å². The summed E-state index contributed by atoms with van der Waals surface area (Å²) in [7, 11) is 1.77. The third-order valence-electron chi connectivity index (χ3n) is 4.96. The molecule has 1 amide bonds. The van der Waals surface area contributed by atoms with Crippen molar-refractivity contribution in [3.05, 3.63) is 65.9 Å². The lowest BCUT2D eigenvalue weighted by Crippen LogP contribution is -2.12. The van der Waals surface area contributed by atoms with Gasteiger partial charge in [-0.2, -0.15) is 5.10 Å². The van der Waals surface area contributed by atoms with Gasteiger partial charge in [-0.05, 0) is 48.9 Å². The summed E-state index contributed by atoms with van der Waals surface area (Å²) >= 11 is 0. The van der Waals surface area contributed by atoms with Crippen molar-refractivity contribution in [2.24, 2.45) is 7.05 Å². The number of nitrogens with zero attached hydrogens (tertiary/aromatic N) is 2. The molecule has 2 aromatic carbocycles. The zero-order valence-corrected chi connectivity index (χ0v) is 18.5. The van der Waals surface area contributed by atoms with Gasteiger partial charge in [-0.15, -0.1) is 0 Å². The average molecular weight is 447 g/mol. The third-order valence-corrected chi connectivity index (χ3v) is 4.96. The molecule has 33 heavy (non-hydrogen) atoms. The summed E-state index contributed by atoms with van der Waals surface area (Å²) in [6.07, 6.45) is 5.53. The minimum atomic E-state index is -0.395. The van der Waals surface area contributed by atoms with Crippen LogP contribution >= 0.6 is 0 Å². The number of hydrogen-bond donors (Lipinski definition) is 1. The molecule has 1 aliphatic heterocycles. The number of rotatable bonds is 6. The Bertz CT molecular complexity index is 1180. The number of esters is 1. The topological polar surface area (TPSA) is 91.7 Å². The van der Waals surface area contributed by atoms with E-state index in [2.05, 4.69) is 10.4 Å². The largest absolute Gasteiger partial charge is 0.490 e. The van der Waals surface area contributed by atoms with E-state index in [1.165, 1.54) is 6.08 Å². The van der Waals surface area contributed by atoms with Gasteiger partial charge < -0.3 is 19.5 Å². The van der Waals surface area contributed by atoms with Crippen LogP contribution in [0.15, 0.2) is 54.7 Å². The number of carbonyl (C=O) groups is 2. The smallest absolute Gasteiger partial charge is 0.330 e. The first-order valence-corrected chi connectivity index (χ1v) is 10.7. The molecule has 1 N–H and O–H groups in total. The zero-order valence-electron chi connectivity index (χ0n) is 18.5. The van der Waals surface area contributed by atoms with Gasteiger partial charge in [-0.25, -0.2) is 4.79 Å². The highest BCUT2D eigenvalue weighted by molar-refractivity contribution is 6.08. The van der Waals surface area contributed by atoms with Crippen molar-refractivity contribution in [2.75, 3.05) is 25.1 Å². The molecule has 0 aliphatic carbocycles. The lowest BCUT2D eigenvalue weighted by atomic mass is 10.1. The van der Waals surface area contributed by atoms with Crippen LogP contribution in [0.5, 0.6) is 11.5 Å². The highest BCUT2D eigenvalue weighted by Crippen LogP contribution is 2.35. The molecule has 8 nitrogen and oxygen atoms in total. The molecule has 0 saturated carbocycles. The van der Waals surface area contributed by atoms with Crippen LogP contribution in [0.4, 0.5) is 5.69 Å². The predicted octanol–water partition coefficient (Wildman–Crippen LogP) is 4.08. The van der Waals surface area contributed by atoms with E-state index >= 15 is 0 Å². The monoisotopic (exact) mass is 447 g/mol. The van der Waals surface area contributed by atoms with Gasteiger partial charge >= 0.3 is 5.97 Å². The molecule has 1 aromatic heterocycles. The first-order valence-electron chi connectivity index (χ1n) is 10.7. The van der Waals surface area contributed by atoms with Gasteiger partial charge in [0.25, 0.3) is 5.91 Å². The van der Waals surface area contributed by atoms with Gasteiger partial charge in [0, 0.05) is 37.0 Å². The first kappa shape index (κ1) is 22.1. The van der Waals surface area contributed by atoms with Gasteiger partial charge in [-0.3, -0.25) is 9.48 Å². The Hall–Kier alpha value is -4.07. The zero-order chi connectivity index (χ0) is 23.2. The second kappa shape index (κ2) is 10.0. The number of aromatic nitrogens is 2. The highest BCUT2D eigenvalue weighted by Gasteiger charge is 2.20. The molecule has 1 aliphatic rings. The second-order valence-corrected chi connectivity index (χ2v) is 7.44. The Kier molecular flexibility index (Phi) is 6.73. The maximum Gasteiger partial charge on any atom is 0.330 e. The number of ether oxygens (including phenoxy) is 3. The van der Waals surface area contributed by atoms with Crippen LogP contribution in [0.25, 0.3) is 17.3 Å². The van der Waals surface area contributed by atoms with E-state index in [9.17, 15) is 9.59 Å². The third kappa shape index (κ3) is 5.41. The van der Waals surface area contributed by atoms with Gasteiger partial charge in [0.1, 0.15) is 5.69 Å². The summed E-state index contributed by atoms with van der Waals surface area (Å²) in [6, 6.07) is 12.7. The Morgan fingerprint density at radius 2 is 1.88 bits per heavy atom. The highest BCUT2D eigenvalue weighted by atomic mass is 16.5. The summed E-state index contributed by atoms with van der Waals surface area (Å²) in [5.41, 5.74) is 3.21. The Morgan fingerprint density at radius 3 is 2.64 bits per heavy atom. The summed E-state index contributed by atoms with van der Waals surface area (Å²) in [5.74, 6) is 0.664. The number of amides is 1. The number of benzene rings is 2. The molecule has 0 radical (unpaired) electrons. The van der Waals surface area contributed by atoms with Crippen LogP contribution < -0.4 is 14.8 Å². The molecule has 0 unspecified atom stereocenters. The van der Waals surface area contributed by atoms with Gasteiger partial charge in [-0.1, -0.05) is 12.1 Å². The molecule has 0 fully saturated rings. The van der Waals surface area contributed by atoms with Gasteiger partial charge in [0.2, 0.25) is 0 Å². The van der Waals surface area contributed by atoms with Crippen molar-refractivity contribution < 1.29 is 23.8 Å². The van der Waals surface area contributed by atoms with E-state index < -0.39 is 5.97 Å². The van der Waals surface area contributed by atoms with E-state index in [0.29, 0.717) is 48.3 Å². The van der Waals surface area contributed by atoms with E-state index in [4.69, 9.17) is 14.2 Å². The normalized spacial score (nSPS) is 12.9. The molecule has 0 bridgehead atoms. The fraction of sp³-hybridized carbons (Fsp3) is 0.240. The lowest BCUT2D eigenvalue weighted by molar-refractivity contribution is -0.137. The quantitative estimate of drug-likeness (QED) is 0.452. The number of nitrogens with one attached hydrogen (secondary N) is 1. The fourth-order valence-electron chi connectivity index (χ4n) is 3.41. The van der Waals surface area contributed by atoms with Crippen LogP contribution in [-0.4, -0.2) is 41.5 Å². The number of aryl methyl sites for hydroxylation is 1. The molecule has 0 saturated heterocycles. The average Bonchev–Trinajstić information content (AvgIpc) is 3.05. The second-order valence-electron chi connectivity index (χ2n) is 7.44. The summed E-state index contributed by atoms with van der Waals surface area (Å²) in [4.78, 5) is 24.5. The maximum absolute atomic E-state index is 13.0. The minimum Gasteiger partial charge on any atom is -0.490 e. The van der Waals surface area contributed by atoms with Crippen LogP contribution in [0.2, 0.25) is 0 Å². The van der Waals surface area contributed by atoms with Crippen LogP contribution in [0, 0.1) is 0 Å². The summed E-state index contributed by atoms with van der Waals surface area (Å²) in [6.45, 7) is 3.28. The molecule has 8 heteroatoms. The van der Waals surface area contributed by atoms with E-state index in [0.717, 1.165) is 17.5 Å². The molecule has 3 aromatic rings. The number of hydrogen-bond acceptors (Lipinski definition) is 6. The van der Waals surface area contributed by atoms with Crippen molar-refractivity contribution in [1.29, 1.82) is 0 Å². The lowest BCUT2D eigenvalue weighted by Gasteiger charge is -2.10. The van der Waals surface area contributed by atoms with Crippen molar-refractivity contribution >= 4 is 23.6 Å². The Balaban J connectivity index is 1.51. The number of fused-ring (bicyclic) bond motifs is 1. The molecular weight excluding hydrogens is 422 g/mol. The van der Waals surface area contributed by atoms with Crippen LogP contribution in [0.3, 0.4) is 0 Å². The number of carbonyl (C=O) groups excluding carboxylic acids is 2. The van der Waals surface area contributed by atoms with E-state index in [1.807, 2.05) is 18.2 Å². The molecule has 2 heterocycles. The van der Waals surface area contributed by atoms with E-state index in [-0.39, 0.29) is 5.91 Å². The van der Waals surface area contributed by atoms with E-state index in [1.54, 1.807) is 55.2 Å². The molecule has 0 spiro atoms. The fourth-order valence-corrected chi connectivity index (χ4v) is 3.41. The number of anilines is 1. The van der Waals surface area contributed by atoms with Crippen LogP contribution in [0.1, 0.15) is 29.3 Å². The summed E-state index contributed by atoms with van der Waals surface area (Å²) in [5, 5.41) is 7.39. The molecule has 4 rings (SSSR count). The van der Waals surface area contributed by atoms with Crippen molar-refractivity contribution in [3.8, 4) is 22.8 Å². The van der Waals surface area contributed by atoms with Crippen molar-refractivity contribution in [1.82, 2.24) is 9.78 Å². The predicted molar refractivity (Wildman–Crippen MR) is 124 cm³/mol. The Labute approximate surface area is 191 Å². The maximum atomic E-state index is 13.0.